The summed E-state index contributed by atoms with van der Waals surface area (Å²) in [4.78, 5) is 13.5. The van der Waals surface area contributed by atoms with Gasteiger partial charge in [-0.15, -0.1) is 0 Å². The van der Waals surface area contributed by atoms with Gasteiger partial charge in [0.25, 0.3) is 6.43 Å². The second-order valence-electron chi connectivity index (χ2n) is 2.72. The van der Waals surface area contributed by atoms with Crippen molar-refractivity contribution in [3.8, 4) is 0 Å². The number of pyridine rings is 1. The largest absolute Gasteiger partial charge is 0.418 e. The van der Waals surface area contributed by atoms with Crippen LogP contribution in [0.15, 0.2) is 10.7 Å². The molecule has 0 saturated carbocycles. The van der Waals surface area contributed by atoms with Gasteiger partial charge in [-0.25, -0.2) is 13.8 Å². The van der Waals surface area contributed by atoms with Gasteiger partial charge in [-0.05, 0) is 22.0 Å². The first kappa shape index (κ1) is 13.0. The van der Waals surface area contributed by atoms with Crippen molar-refractivity contribution < 1.29 is 26.7 Å². The number of halogens is 6. The molecule has 0 amide bonds. The van der Waals surface area contributed by atoms with Crippen LogP contribution in [0.25, 0.3) is 0 Å². The summed E-state index contributed by atoms with van der Waals surface area (Å²) >= 11 is 2.57. The van der Waals surface area contributed by atoms with E-state index in [1.165, 1.54) is 0 Å². The molecule has 1 heterocycles. The summed E-state index contributed by atoms with van der Waals surface area (Å²) in [7, 11) is 0. The maximum atomic E-state index is 12.4. The highest BCUT2D eigenvalue weighted by Gasteiger charge is 2.36. The van der Waals surface area contributed by atoms with Crippen LogP contribution in [0.4, 0.5) is 22.0 Å². The second-order valence-corrected chi connectivity index (χ2v) is 3.47. The van der Waals surface area contributed by atoms with Crippen molar-refractivity contribution in [1.82, 2.24) is 4.98 Å². The molecule has 0 N–H and O–H groups in total. The lowest BCUT2D eigenvalue weighted by molar-refractivity contribution is -0.138. The molecule has 0 atom stereocenters. The number of alkyl halides is 5. The maximum absolute atomic E-state index is 12.4. The van der Waals surface area contributed by atoms with Crippen LogP contribution in [0, 0.1) is 0 Å². The first-order valence-electron chi connectivity index (χ1n) is 3.78. The Kier molecular flexibility index (Phi) is 3.61. The molecule has 1 rings (SSSR count). The molecule has 0 spiro atoms. The van der Waals surface area contributed by atoms with Gasteiger partial charge in [0.15, 0.2) is 6.29 Å². The Morgan fingerprint density at radius 3 is 2.31 bits per heavy atom. The number of aromatic nitrogens is 1. The van der Waals surface area contributed by atoms with E-state index in [2.05, 4.69) is 20.9 Å². The summed E-state index contributed by atoms with van der Waals surface area (Å²) in [6, 6.07) is 0.214. The van der Waals surface area contributed by atoms with E-state index in [1.54, 1.807) is 0 Å². The first-order valence-corrected chi connectivity index (χ1v) is 4.57. The van der Waals surface area contributed by atoms with E-state index in [4.69, 9.17) is 0 Å². The Labute approximate surface area is 94.6 Å². The summed E-state index contributed by atoms with van der Waals surface area (Å²) in [5, 5.41) is 0. The monoisotopic (exact) mass is 303 g/mol. The first-order chi connectivity index (χ1) is 7.27. The molecule has 0 radical (unpaired) electrons. The normalized spacial score (nSPS) is 11.9. The molecule has 0 aliphatic rings. The third kappa shape index (κ3) is 2.55. The van der Waals surface area contributed by atoms with E-state index in [9.17, 15) is 26.7 Å². The predicted molar refractivity (Wildman–Crippen MR) is 47.3 cm³/mol. The maximum Gasteiger partial charge on any atom is 0.418 e. The lowest BCUT2D eigenvalue weighted by Crippen LogP contribution is -2.12. The van der Waals surface area contributed by atoms with E-state index in [0.29, 0.717) is 0 Å². The molecule has 0 saturated heterocycles. The van der Waals surface area contributed by atoms with Crippen LogP contribution in [-0.4, -0.2) is 11.3 Å². The van der Waals surface area contributed by atoms with E-state index in [-0.39, 0.29) is 12.4 Å². The highest BCUT2D eigenvalue weighted by molar-refractivity contribution is 9.10. The molecule has 8 heteroatoms. The van der Waals surface area contributed by atoms with Crippen LogP contribution in [0.3, 0.4) is 0 Å². The topological polar surface area (TPSA) is 30.0 Å². The molecule has 1 aromatic heterocycles. The van der Waals surface area contributed by atoms with Gasteiger partial charge in [0, 0.05) is 0 Å². The van der Waals surface area contributed by atoms with Crippen LogP contribution < -0.4 is 0 Å². The average Bonchev–Trinajstić information content (AvgIpc) is 2.14. The molecule has 0 unspecified atom stereocenters. The zero-order chi connectivity index (χ0) is 12.5. The Balaban J connectivity index is 3.47. The summed E-state index contributed by atoms with van der Waals surface area (Å²) in [6.45, 7) is 0. The molecular formula is C8H3BrF5NO. The molecule has 0 aliphatic carbocycles. The quantitative estimate of drug-likeness (QED) is 0.474. The fraction of sp³-hybridized carbons (Fsp3) is 0.250. The van der Waals surface area contributed by atoms with Crippen LogP contribution in [-0.2, 0) is 6.18 Å². The smallest absolute Gasteiger partial charge is 0.296 e. The van der Waals surface area contributed by atoms with Gasteiger partial charge in [-0.1, -0.05) is 0 Å². The van der Waals surface area contributed by atoms with Gasteiger partial charge < -0.3 is 0 Å². The average molecular weight is 304 g/mol. The standard InChI is InChI=1S/C8H3BrF5NO/c9-6-3(7(10)11)1-4(8(12,13)14)5(2-16)15-6/h1-2,7H. The van der Waals surface area contributed by atoms with Crippen molar-refractivity contribution in [3.05, 3.63) is 27.5 Å². The number of hydrogen-bond donors (Lipinski definition) is 0. The zero-order valence-electron chi connectivity index (χ0n) is 7.36. The number of carbonyl (C=O) groups excluding carboxylic acids is 1. The number of rotatable bonds is 2. The highest BCUT2D eigenvalue weighted by atomic mass is 79.9. The minimum Gasteiger partial charge on any atom is -0.296 e. The van der Waals surface area contributed by atoms with Gasteiger partial charge in [-0.2, -0.15) is 13.2 Å². The van der Waals surface area contributed by atoms with E-state index < -0.39 is 34.0 Å². The molecular weight excluding hydrogens is 301 g/mol. The van der Waals surface area contributed by atoms with Crippen molar-refractivity contribution in [3.63, 3.8) is 0 Å². The SMILES string of the molecule is O=Cc1nc(Br)c(C(F)F)cc1C(F)(F)F. The van der Waals surface area contributed by atoms with Crippen LogP contribution in [0.5, 0.6) is 0 Å². The Morgan fingerprint density at radius 1 is 1.38 bits per heavy atom. The number of nitrogens with zero attached hydrogens (tertiary/aromatic N) is 1. The predicted octanol–water partition coefficient (Wildman–Crippen LogP) is 3.61. The molecule has 0 fully saturated rings. The van der Waals surface area contributed by atoms with Crippen molar-refractivity contribution in [2.45, 2.75) is 12.6 Å². The van der Waals surface area contributed by atoms with Crippen LogP contribution in [0.1, 0.15) is 28.0 Å². The summed E-state index contributed by atoms with van der Waals surface area (Å²) in [6.07, 6.45) is -8.14. The minimum absolute atomic E-state index is 0.136. The van der Waals surface area contributed by atoms with Gasteiger partial charge in [-0.3, -0.25) is 4.79 Å². The Morgan fingerprint density at radius 2 is 1.94 bits per heavy atom. The van der Waals surface area contributed by atoms with Gasteiger partial charge in [0.2, 0.25) is 0 Å². The van der Waals surface area contributed by atoms with Gasteiger partial charge in [0.05, 0.1) is 11.1 Å². The molecule has 0 aromatic carbocycles. The molecule has 1 aromatic rings. The zero-order valence-corrected chi connectivity index (χ0v) is 8.94. The second kappa shape index (κ2) is 4.44. The molecule has 0 bridgehead atoms. The van der Waals surface area contributed by atoms with Gasteiger partial charge >= 0.3 is 6.18 Å². The molecule has 2 nitrogen and oxygen atoms in total. The van der Waals surface area contributed by atoms with Crippen molar-refractivity contribution in [2.75, 3.05) is 0 Å². The Hall–Kier alpha value is -1.05. The third-order valence-corrected chi connectivity index (χ3v) is 2.32. The number of carbonyl (C=O) groups is 1. The summed E-state index contributed by atoms with van der Waals surface area (Å²) in [5.74, 6) is 0. The fourth-order valence-electron chi connectivity index (χ4n) is 0.989. The number of aldehydes is 1. The summed E-state index contributed by atoms with van der Waals surface area (Å²) < 4.78 is 61.2. The molecule has 88 valence electrons. The van der Waals surface area contributed by atoms with E-state index in [1.807, 2.05) is 0 Å². The minimum atomic E-state index is -4.90. The number of hydrogen-bond acceptors (Lipinski definition) is 2. The highest BCUT2D eigenvalue weighted by Crippen LogP contribution is 2.35. The lowest BCUT2D eigenvalue weighted by atomic mass is 10.1. The van der Waals surface area contributed by atoms with Crippen molar-refractivity contribution >= 4 is 22.2 Å². The van der Waals surface area contributed by atoms with Crippen molar-refractivity contribution in [2.24, 2.45) is 0 Å². The lowest BCUT2D eigenvalue weighted by Gasteiger charge is -2.11. The van der Waals surface area contributed by atoms with Gasteiger partial charge in [0.1, 0.15) is 10.3 Å². The van der Waals surface area contributed by atoms with Crippen LogP contribution >= 0.6 is 15.9 Å². The fourth-order valence-corrected chi connectivity index (χ4v) is 1.47. The van der Waals surface area contributed by atoms with Crippen LogP contribution in [0.2, 0.25) is 0 Å². The third-order valence-electron chi connectivity index (χ3n) is 1.68. The van der Waals surface area contributed by atoms with Crippen molar-refractivity contribution in [1.29, 1.82) is 0 Å². The molecule has 16 heavy (non-hydrogen) atoms. The Bertz CT molecular complexity index is 418. The van der Waals surface area contributed by atoms with E-state index in [0.717, 1.165) is 0 Å². The molecule has 0 aliphatic heterocycles. The van der Waals surface area contributed by atoms with E-state index >= 15 is 0 Å². The summed E-state index contributed by atoms with van der Waals surface area (Å²) in [5.41, 5.74) is -3.30.